The quantitative estimate of drug-likeness (QED) is 0.766. The molecule has 0 fully saturated rings. The molecule has 3 nitrogen and oxygen atoms in total. The van der Waals surface area contributed by atoms with Gasteiger partial charge in [-0.3, -0.25) is 4.79 Å². The lowest BCUT2D eigenvalue weighted by atomic mass is 10.2. The molecule has 0 N–H and O–H groups in total. The summed E-state index contributed by atoms with van der Waals surface area (Å²) in [7, 11) is 0. The van der Waals surface area contributed by atoms with Crippen LogP contribution in [0.4, 0.5) is 0 Å². The third kappa shape index (κ3) is 2.49. The van der Waals surface area contributed by atoms with Gasteiger partial charge in [-0.1, -0.05) is 23.7 Å². The van der Waals surface area contributed by atoms with Crippen molar-refractivity contribution in [1.29, 1.82) is 0 Å². The van der Waals surface area contributed by atoms with Gasteiger partial charge in [-0.2, -0.15) is 0 Å². The van der Waals surface area contributed by atoms with E-state index in [4.69, 9.17) is 11.6 Å². The number of benzene rings is 1. The predicted octanol–water partition coefficient (Wildman–Crippen LogP) is 2.79. The van der Waals surface area contributed by atoms with Gasteiger partial charge >= 0.3 is 0 Å². The molecular formula is C12H11ClN2O. The van der Waals surface area contributed by atoms with Gasteiger partial charge in [-0.05, 0) is 17.7 Å². The molecule has 0 unspecified atom stereocenters. The summed E-state index contributed by atoms with van der Waals surface area (Å²) in [6, 6.07) is 7.60. The normalized spacial score (nSPS) is 10.4. The highest BCUT2D eigenvalue weighted by atomic mass is 35.5. The summed E-state index contributed by atoms with van der Waals surface area (Å²) >= 11 is 5.80. The second-order valence-electron chi connectivity index (χ2n) is 3.61. The highest BCUT2D eigenvalue weighted by molar-refractivity contribution is 6.30. The molecule has 0 spiro atoms. The number of Topliss-reactive ketones (excluding diaryl/α,β-unsaturated/α-hetero) is 1. The summed E-state index contributed by atoms with van der Waals surface area (Å²) in [5.41, 5.74) is 1.62. The van der Waals surface area contributed by atoms with E-state index >= 15 is 0 Å². The van der Waals surface area contributed by atoms with Crippen LogP contribution < -0.4 is 0 Å². The Kier molecular flexibility index (Phi) is 3.06. The Morgan fingerprint density at radius 1 is 1.38 bits per heavy atom. The average Bonchev–Trinajstić information content (AvgIpc) is 2.70. The van der Waals surface area contributed by atoms with E-state index in [1.165, 1.54) is 6.92 Å². The van der Waals surface area contributed by atoms with E-state index in [0.717, 1.165) is 10.6 Å². The van der Waals surface area contributed by atoms with E-state index in [0.29, 0.717) is 12.2 Å². The maximum absolute atomic E-state index is 11.1. The smallest absolute Gasteiger partial charge is 0.179 e. The summed E-state index contributed by atoms with van der Waals surface area (Å²) in [6.07, 6.45) is 3.41. The number of carbonyl (C=O) groups is 1. The highest BCUT2D eigenvalue weighted by Gasteiger charge is 2.03. The third-order valence-electron chi connectivity index (χ3n) is 2.27. The van der Waals surface area contributed by atoms with E-state index in [1.807, 2.05) is 28.8 Å². The first-order valence-electron chi connectivity index (χ1n) is 4.92. The molecule has 1 aromatic carbocycles. The lowest BCUT2D eigenvalue weighted by molar-refractivity contribution is 0.101. The molecule has 0 saturated carbocycles. The fourth-order valence-corrected chi connectivity index (χ4v) is 1.55. The van der Waals surface area contributed by atoms with Gasteiger partial charge in [0.1, 0.15) is 5.69 Å². The van der Waals surface area contributed by atoms with Crippen molar-refractivity contribution in [2.45, 2.75) is 13.5 Å². The van der Waals surface area contributed by atoms with Crippen molar-refractivity contribution in [3.05, 3.63) is 53.1 Å². The van der Waals surface area contributed by atoms with Crippen molar-refractivity contribution >= 4 is 17.4 Å². The van der Waals surface area contributed by atoms with Gasteiger partial charge in [0.15, 0.2) is 5.78 Å². The average molecular weight is 235 g/mol. The molecule has 0 aliphatic rings. The molecule has 2 aromatic rings. The van der Waals surface area contributed by atoms with Gasteiger partial charge in [0.05, 0.1) is 6.33 Å². The Balaban J connectivity index is 2.14. The molecule has 82 valence electrons. The number of aromatic nitrogens is 2. The number of imidazole rings is 1. The Morgan fingerprint density at radius 2 is 2.06 bits per heavy atom. The molecule has 0 radical (unpaired) electrons. The Hall–Kier alpha value is -1.61. The zero-order valence-electron chi connectivity index (χ0n) is 8.85. The van der Waals surface area contributed by atoms with Gasteiger partial charge in [0, 0.05) is 24.7 Å². The second-order valence-corrected chi connectivity index (χ2v) is 4.05. The van der Waals surface area contributed by atoms with Crippen LogP contribution in [-0.4, -0.2) is 15.3 Å². The van der Waals surface area contributed by atoms with E-state index in [-0.39, 0.29) is 5.78 Å². The number of halogens is 1. The Labute approximate surface area is 98.7 Å². The van der Waals surface area contributed by atoms with Crippen LogP contribution in [-0.2, 0) is 6.54 Å². The molecular weight excluding hydrogens is 224 g/mol. The monoisotopic (exact) mass is 234 g/mol. The van der Waals surface area contributed by atoms with E-state index in [2.05, 4.69) is 4.98 Å². The minimum Gasteiger partial charge on any atom is -0.332 e. The molecule has 16 heavy (non-hydrogen) atoms. The van der Waals surface area contributed by atoms with E-state index < -0.39 is 0 Å². The maximum Gasteiger partial charge on any atom is 0.179 e. The number of ketones is 1. The van der Waals surface area contributed by atoms with Gasteiger partial charge in [-0.25, -0.2) is 4.98 Å². The molecule has 0 saturated heterocycles. The molecule has 0 aliphatic carbocycles. The Morgan fingerprint density at radius 3 is 2.62 bits per heavy atom. The molecule has 0 aliphatic heterocycles. The zero-order chi connectivity index (χ0) is 11.5. The molecule has 4 heteroatoms. The summed E-state index contributed by atoms with van der Waals surface area (Å²) in [5.74, 6) is -0.0187. The molecule has 0 bridgehead atoms. The number of nitrogens with zero attached hydrogens (tertiary/aromatic N) is 2. The van der Waals surface area contributed by atoms with Crippen molar-refractivity contribution in [1.82, 2.24) is 9.55 Å². The SMILES string of the molecule is CC(=O)c1cn(Cc2ccc(Cl)cc2)cn1. The molecule has 0 atom stereocenters. The van der Waals surface area contributed by atoms with Crippen molar-refractivity contribution in [2.75, 3.05) is 0 Å². The van der Waals surface area contributed by atoms with Crippen molar-refractivity contribution in [3.63, 3.8) is 0 Å². The standard InChI is InChI=1S/C12H11ClN2O/c1-9(16)12-7-15(8-14-12)6-10-2-4-11(13)5-3-10/h2-5,7-8H,6H2,1H3. The van der Waals surface area contributed by atoms with Crippen molar-refractivity contribution < 1.29 is 4.79 Å². The van der Waals surface area contributed by atoms with Gasteiger partial charge in [0.25, 0.3) is 0 Å². The van der Waals surface area contributed by atoms with Crippen LogP contribution >= 0.6 is 11.6 Å². The fraction of sp³-hybridized carbons (Fsp3) is 0.167. The maximum atomic E-state index is 11.1. The molecule has 1 heterocycles. The first-order valence-corrected chi connectivity index (χ1v) is 5.30. The van der Waals surface area contributed by atoms with Gasteiger partial charge < -0.3 is 4.57 Å². The first kappa shape index (κ1) is 10.9. The fourth-order valence-electron chi connectivity index (χ4n) is 1.43. The van der Waals surface area contributed by atoms with Gasteiger partial charge in [0.2, 0.25) is 0 Å². The topological polar surface area (TPSA) is 34.9 Å². The first-order chi connectivity index (χ1) is 7.65. The number of rotatable bonds is 3. The summed E-state index contributed by atoms with van der Waals surface area (Å²) in [4.78, 5) is 15.1. The van der Waals surface area contributed by atoms with Crippen LogP contribution in [0.2, 0.25) is 5.02 Å². The lowest BCUT2D eigenvalue weighted by Gasteiger charge is -2.01. The minimum absolute atomic E-state index is 0.0187. The van der Waals surface area contributed by atoms with Crippen LogP contribution in [0, 0.1) is 0 Å². The zero-order valence-corrected chi connectivity index (χ0v) is 9.61. The lowest BCUT2D eigenvalue weighted by Crippen LogP contribution is -1.96. The third-order valence-corrected chi connectivity index (χ3v) is 2.52. The van der Waals surface area contributed by atoms with Gasteiger partial charge in [-0.15, -0.1) is 0 Å². The summed E-state index contributed by atoms with van der Waals surface area (Å²) in [6.45, 7) is 2.20. The van der Waals surface area contributed by atoms with E-state index in [9.17, 15) is 4.79 Å². The summed E-state index contributed by atoms with van der Waals surface area (Å²) in [5, 5.41) is 0.721. The van der Waals surface area contributed by atoms with Crippen LogP contribution in [0.25, 0.3) is 0 Å². The number of carbonyl (C=O) groups excluding carboxylic acids is 1. The molecule has 2 rings (SSSR count). The van der Waals surface area contributed by atoms with Crippen LogP contribution in [0.5, 0.6) is 0 Å². The van der Waals surface area contributed by atoms with Crippen molar-refractivity contribution in [3.8, 4) is 0 Å². The highest BCUT2D eigenvalue weighted by Crippen LogP contribution is 2.11. The minimum atomic E-state index is -0.0187. The van der Waals surface area contributed by atoms with Crippen molar-refractivity contribution in [2.24, 2.45) is 0 Å². The number of hydrogen-bond acceptors (Lipinski definition) is 2. The van der Waals surface area contributed by atoms with E-state index in [1.54, 1.807) is 12.5 Å². The predicted molar refractivity (Wildman–Crippen MR) is 62.8 cm³/mol. The number of hydrogen-bond donors (Lipinski definition) is 0. The van der Waals surface area contributed by atoms with Crippen LogP contribution in [0.1, 0.15) is 23.0 Å². The second kappa shape index (κ2) is 4.49. The van der Waals surface area contributed by atoms with Crippen LogP contribution in [0.15, 0.2) is 36.8 Å². The largest absolute Gasteiger partial charge is 0.332 e. The molecule has 1 aromatic heterocycles. The molecule has 0 amide bonds. The summed E-state index contributed by atoms with van der Waals surface area (Å²) < 4.78 is 1.87. The Bertz CT molecular complexity index is 502. The van der Waals surface area contributed by atoms with Crippen LogP contribution in [0.3, 0.4) is 0 Å².